The third-order valence-corrected chi connectivity index (χ3v) is 3.06. The lowest BCUT2D eigenvalue weighted by Crippen LogP contribution is -2.23. The van der Waals surface area contributed by atoms with Crippen LogP contribution in [0.4, 0.5) is 0 Å². The second-order valence-corrected chi connectivity index (χ2v) is 5.04. The van der Waals surface area contributed by atoms with Gasteiger partial charge in [-0.25, -0.2) is 0 Å². The quantitative estimate of drug-likeness (QED) is 0.256. The number of unbranched alkanes of at least 4 members (excludes halogenated alkanes) is 1. The molecule has 0 aromatic rings. The maximum atomic E-state index is 3.45. The van der Waals surface area contributed by atoms with Crippen molar-refractivity contribution in [1.82, 2.24) is 21.3 Å². The molecule has 0 aliphatic rings. The molecule has 120 valence electrons. The Hall–Kier alpha value is -0.420. The molecule has 0 aliphatic heterocycles. The summed E-state index contributed by atoms with van der Waals surface area (Å²) >= 11 is 0. The lowest BCUT2D eigenvalue weighted by molar-refractivity contribution is 0.594. The fourth-order valence-electron chi connectivity index (χ4n) is 1.82. The van der Waals surface area contributed by atoms with E-state index in [0.717, 1.165) is 52.4 Å². The van der Waals surface area contributed by atoms with Crippen LogP contribution in [0.1, 0.15) is 39.5 Å². The van der Waals surface area contributed by atoms with Crippen LogP contribution in [0.5, 0.6) is 0 Å². The number of hydrogen-bond donors (Lipinski definition) is 4. The van der Waals surface area contributed by atoms with Crippen molar-refractivity contribution in [2.45, 2.75) is 39.5 Å². The molecule has 4 N–H and O–H groups in total. The Labute approximate surface area is 126 Å². The van der Waals surface area contributed by atoms with Gasteiger partial charge in [0.25, 0.3) is 0 Å². The van der Waals surface area contributed by atoms with Gasteiger partial charge in [0.2, 0.25) is 0 Å². The van der Waals surface area contributed by atoms with E-state index in [-0.39, 0.29) is 0 Å². The zero-order chi connectivity index (χ0) is 14.7. The molecule has 0 saturated heterocycles. The molecule has 20 heavy (non-hydrogen) atoms. The van der Waals surface area contributed by atoms with Crippen molar-refractivity contribution in [2.75, 3.05) is 52.4 Å². The van der Waals surface area contributed by atoms with Gasteiger partial charge in [0.05, 0.1) is 0 Å². The van der Waals surface area contributed by atoms with E-state index in [9.17, 15) is 0 Å². The molecule has 0 unspecified atom stereocenters. The summed E-state index contributed by atoms with van der Waals surface area (Å²) in [6.07, 6.45) is 9.39. The highest BCUT2D eigenvalue weighted by atomic mass is 14.9. The van der Waals surface area contributed by atoms with E-state index in [1.807, 2.05) is 0 Å². The van der Waals surface area contributed by atoms with Crippen molar-refractivity contribution >= 4 is 0 Å². The molecular formula is C16H36N4. The van der Waals surface area contributed by atoms with Crippen LogP contribution in [0, 0.1) is 0 Å². The molecule has 4 heteroatoms. The van der Waals surface area contributed by atoms with Gasteiger partial charge < -0.3 is 21.3 Å². The van der Waals surface area contributed by atoms with Crippen molar-refractivity contribution < 1.29 is 0 Å². The zero-order valence-electron chi connectivity index (χ0n) is 13.6. The second kappa shape index (κ2) is 18.6. The van der Waals surface area contributed by atoms with Crippen LogP contribution >= 0.6 is 0 Å². The first-order valence-corrected chi connectivity index (χ1v) is 8.39. The molecule has 0 amide bonds. The first-order valence-electron chi connectivity index (χ1n) is 8.39. The SMILES string of the molecule is CCCCNCCCNCC=CCNCCCNCC. The maximum Gasteiger partial charge on any atom is 0.0135 e. The largest absolute Gasteiger partial charge is 0.317 e. The highest BCUT2D eigenvalue weighted by molar-refractivity contribution is 4.85. The monoisotopic (exact) mass is 284 g/mol. The predicted octanol–water partition coefficient (Wildman–Crippen LogP) is 1.50. The van der Waals surface area contributed by atoms with E-state index >= 15 is 0 Å². The van der Waals surface area contributed by atoms with Gasteiger partial charge in [0, 0.05) is 13.1 Å². The van der Waals surface area contributed by atoms with E-state index < -0.39 is 0 Å². The molecule has 0 heterocycles. The Kier molecular flexibility index (Phi) is 18.2. The van der Waals surface area contributed by atoms with Crippen LogP contribution in [0.2, 0.25) is 0 Å². The van der Waals surface area contributed by atoms with Gasteiger partial charge >= 0.3 is 0 Å². The van der Waals surface area contributed by atoms with Crippen molar-refractivity contribution in [3.05, 3.63) is 12.2 Å². The summed E-state index contributed by atoms with van der Waals surface area (Å²) in [4.78, 5) is 0. The molecule has 0 saturated carbocycles. The Morgan fingerprint density at radius 3 is 1.65 bits per heavy atom. The lowest BCUT2D eigenvalue weighted by Gasteiger charge is -2.04. The summed E-state index contributed by atoms with van der Waals surface area (Å²) in [5.74, 6) is 0. The third kappa shape index (κ3) is 17.6. The van der Waals surface area contributed by atoms with Crippen LogP contribution in [0.3, 0.4) is 0 Å². The highest BCUT2D eigenvalue weighted by Gasteiger charge is 1.88. The van der Waals surface area contributed by atoms with E-state index in [4.69, 9.17) is 0 Å². The summed E-state index contributed by atoms with van der Waals surface area (Å²) in [6, 6.07) is 0. The number of hydrogen-bond acceptors (Lipinski definition) is 4. The Balaban J connectivity index is 3.01. The third-order valence-electron chi connectivity index (χ3n) is 3.06. The van der Waals surface area contributed by atoms with Crippen LogP contribution in [0.25, 0.3) is 0 Å². The summed E-state index contributed by atoms with van der Waals surface area (Å²) in [5, 5.41) is 13.6. The van der Waals surface area contributed by atoms with E-state index in [2.05, 4.69) is 47.3 Å². The molecule has 0 bridgehead atoms. The van der Waals surface area contributed by atoms with E-state index in [1.54, 1.807) is 0 Å². The summed E-state index contributed by atoms with van der Waals surface area (Å²) in [7, 11) is 0. The number of nitrogens with one attached hydrogen (secondary N) is 4. The van der Waals surface area contributed by atoms with Crippen molar-refractivity contribution in [3.8, 4) is 0 Å². The minimum absolute atomic E-state index is 0.979. The lowest BCUT2D eigenvalue weighted by atomic mass is 10.3. The van der Waals surface area contributed by atoms with Crippen LogP contribution in [-0.2, 0) is 0 Å². The van der Waals surface area contributed by atoms with Crippen molar-refractivity contribution in [3.63, 3.8) is 0 Å². The average Bonchev–Trinajstić information content (AvgIpc) is 2.47. The summed E-state index contributed by atoms with van der Waals surface area (Å²) in [5.41, 5.74) is 0. The minimum atomic E-state index is 0.979. The molecule has 0 aliphatic carbocycles. The van der Waals surface area contributed by atoms with Gasteiger partial charge in [-0.2, -0.15) is 0 Å². The minimum Gasteiger partial charge on any atom is -0.317 e. The van der Waals surface area contributed by atoms with Gasteiger partial charge in [-0.3, -0.25) is 0 Å². The predicted molar refractivity (Wildman–Crippen MR) is 90.4 cm³/mol. The van der Waals surface area contributed by atoms with Gasteiger partial charge in [-0.05, 0) is 58.5 Å². The molecule has 0 atom stereocenters. The fourth-order valence-corrected chi connectivity index (χ4v) is 1.82. The summed E-state index contributed by atoms with van der Waals surface area (Å²) < 4.78 is 0. The maximum absolute atomic E-state index is 3.45. The highest BCUT2D eigenvalue weighted by Crippen LogP contribution is 1.82. The molecule has 0 rings (SSSR count). The van der Waals surface area contributed by atoms with Gasteiger partial charge in [-0.15, -0.1) is 0 Å². The molecule has 0 radical (unpaired) electrons. The topological polar surface area (TPSA) is 48.1 Å². The molecule has 4 nitrogen and oxygen atoms in total. The Bertz CT molecular complexity index is 195. The normalized spacial score (nSPS) is 11.5. The smallest absolute Gasteiger partial charge is 0.0135 e. The van der Waals surface area contributed by atoms with Gasteiger partial charge in [0.1, 0.15) is 0 Å². The average molecular weight is 284 g/mol. The molecule has 0 aromatic carbocycles. The first kappa shape index (κ1) is 19.6. The fraction of sp³-hybridized carbons (Fsp3) is 0.875. The van der Waals surface area contributed by atoms with Crippen LogP contribution in [-0.4, -0.2) is 52.4 Å². The summed E-state index contributed by atoms with van der Waals surface area (Å²) in [6.45, 7) is 13.0. The van der Waals surface area contributed by atoms with Crippen molar-refractivity contribution in [2.24, 2.45) is 0 Å². The molecular weight excluding hydrogens is 248 g/mol. The Morgan fingerprint density at radius 2 is 1.10 bits per heavy atom. The molecule has 0 fully saturated rings. The van der Waals surface area contributed by atoms with Gasteiger partial charge in [-0.1, -0.05) is 32.4 Å². The standard InChI is InChI=1S/C16H36N4/c1-3-5-10-18-15-9-16-20-12-7-6-11-19-14-8-13-17-4-2/h6-7,17-20H,3-5,8-16H2,1-2H3. The zero-order valence-corrected chi connectivity index (χ0v) is 13.6. The van der Waals surface area contributed by atoms with Crippen molar-refractivity contribution in [1.29, 1.82) is 0 Å². The van der Waals surface area contributed by atoms with E-state index in [0.29, 0.717) is 0 Å². The van der Waals surface area contributed by atoms with Crippen LogP contribution < -0.4 is 21.3 Å². The number of rotatable bonds is 16. The molecule has 0 aromatic heterocycles. The first-order chi connectivity index (χ1) is 9.91. The van der Waals surface area contributed by atoms with E-state index in [1.165, 1.54) is 25.7 Å². The molecule has 0 spiro atoms. The van der Waals surface area contributed by atoms with Crippen LogP contribution in [0.15, 0.2) is 12.2 Å². The van der Waals surface area contributed by atoms with Gasteiger partial charge in [0.15, 0.2) is 0 Å². The Morgan fingerprint density at radius 1 is 0.600 bits per heavy atom. The second-order valence-electron chi connectivity index (χ2n) is 5.04.